The van der Waals surface area contributed by atoms with E-state index < -0.39 is 11.9 Å². The molecule has 2 aromatic carbocycles. The van der Waals surface area contributed by atoms with Crippen LogP contribution in [0.15, 0.2) is 90.9 Å². The predicted molar refractivity (Wildman–Crippen MR) is 133 cm³/mol. The SMILES string of the molecule is CN[C@@H](C)C(=O)NC1=CC=C(c2ccccc2)[NH+](Cc2cncc(C(=O)c3ccc(F)cc3)c2)C1=O. The Kier molecular flexibility index (Phi) is 7.58. The maximum Gasteiger partial charge on any atom is 0.365 e. The average molecular weight is 486 g/mol. The van der Waals surface area contributed by atoms with Gasteiger partial charge in [-0.25, -0.2) is 14.1 Å². The summed E-state index contributed by atoms with van der Waals surface area (Å²) in [4.78, 5) is 43.5. The van der Waals surface area contributed by atoms with Crippen LogP contribution in [0, 0.1) is 5.82 Å². The van der Waals surface area contributed by atoms with Gasteiger partial charge in [0.1, 0.15) is 23.8 Å². The predicted octanol–water partition coefficient (Wildman–Crippen LogP) is 2.03. The van der Waals surface area contributed by atoms with Gasteiger partial charge in [0.25, 0.3) is 0 Å². The van der Waals surface area contributed by atoms with E-state index in [1.807, 2.05) is 36.4 Å². The van der Waals surface area contributed by atoms with Crippen LogP contribution in [0.2, 0.25) is 0 Å². The fourth-order valence-corrected chi connectivity index (χ4v) is 3.84. The van der Waals surface area contributed by atoms with Crippen molar-refractivity contribution in [3.8, 4) is 0 Å². The Bertz CT molecular complexity index is 1350. The van der Waals surface area contributed by atoms with Crippen LogP contribution in [0.1, 0.15) is 34.0 Å². The topological polar surface area (TPSA) is 92.6 Å². The summed E-state index contributed by atoms with van der Waals surface area (Å²) >= 11 is 0. The summed E-state index contributed by atoms with van der Waals surface area (Å²) in [5, 5.41) is 5.56. The molecule has 1 unspecified atom stereocenters. The minimum atomic E-state index is -0.472. The highest BCUT2D eigenvalue weighted by molar-refractivity contribution is 6.08. The number of halogens is 1. The molecular weight excluding hydrogens is 459 g/mol. The molecule has 2 heterocycles. The Hall–Kier alpha value is -4.27. The largest absolute Gasteiger partial charge is 0.365 e. The zero-order chi connectivity index (χ0) is 25.7. The first-order chi connectivity index (χ1) is 17.4. The van der Waals surface area contributed by atoms with Crippen LogP contribution < -0.4 is 15.5 Å². The minimum Gasteiger partial charge on any atom is -0.317 e. The standard InChI is InChI=1S/C28H25FN4O3/c1-18(30-2)27(35)32-24-12-13-25(20-6-4-3-5-7-20)33(28(24)36)17-19-14-22(16-31-15-19)26(34)21-8-10-23(29)11-9-21/h3-16,18,30H,17H2,1-2H3,(H,32,35)/p+1/t18-/m0/s1. The third-order valence-electron chi connectivity index (χ3n) is 5.97. The van der Waals surface area contributed by atoms with E-state index in [2.05, 4.69) is 15.6 Å². The third kappa shape index (κ3) is 5.51. The van der Waals surface area contributed by atoms with Crippen molar-refractivity contribution in [2.24, 2.45) is 0 Å². The van der Waals surface area contributed by atoms with Gasteiger partial charge in [-0.2, -0.15) is 0 Å². The highest BCUT2D eigenvalue weighted by Crippen LogP contribution is 2.15. The van der Waals surface area contributed by atoms with E-state index in [9.17, 15) is 18.8 Å². The van der Waals surface area contributed by atoms with Crippen molar-refractivity contribution in [2.75, 3.05) is 7.05 Å². The first-order valence-electron chi connectivity index (χ1n) is 11.5. The number of carbonyl (C=O) groups is 3. The summed E-state index contributed by atoms with van der Waals surface area (Å²) in [6.45, 7) is 1.90. The molecule has 0 bridgehead atoms. The molecule has 3 N–H and O–H groups in total. The number of carbonyl (C=O) groups excluding carboxylic acids is 3. The van der Waals surface area contributed by atoms with Crippen LogP contribution in [0.3, 0.4) is 0 Å². The first kappa shape index (κ1) is 24.8. The highest BCUT2D eigenvalue weighted by Gasteiger charge is 2.33. The number of likely N-dealkylation sites (N-methyl/N-ethyl adjacent to an activating group) is 1. The van der Waals surface area contributed by atoms with Crippen LogP contribution in [0.25, 0.3) is 5.70 Å². The van der Waals surface area contributed by atoms with Crippen LogP contribution in [0.4, 0.5) is 4.39 Å². The fraction of sp³-hybridized carbons (Fsp3) is 0.143. The monoisotopic (exact) mass is 485 g/mol. The molecule has 1 aromatic heterocycles. The summed E-state index contributed by atoms with van der Waals surface area (Å²) in [6, 6.07) is 16.0. The van der Waals surface area contributed by atoms with E-state index in [-0.39, 0.29) is 29.8 Å². The second-order valence-corrected chi connectivity index (χ2v) is 8.43. The number of amides is 2. The molecule has 1 aliphatic heterocycles. The number of hydrogen-bond acceptors (Lipinski definition) is 5. The highest BCUT2D eigenvalue weighted by atomic mass is 19.1. The van der Waals surface area contributed by atoms with E-state index in [0.717, 1.165) is 11.3 Å². The normalized spacial score (nSPS) is 16.1. The van der Waals surface area contributed by atoms with Gasteiger partial charge in [-0.05, 0) is 62.5 Å². The van der Waals surface area contributed by atoms with Gasteiger partial charge in [0.15, 0.2) is 5.78 Å². The lowest BCUT2D eigenvalue weighted by atomic mass is 10.0. The Morgan fingerprint density at radius 3 is 2.42 bits per heavy atom. The molecule has 0 saturated heterocycles. The zero-order valence-electron chi connectivity index (χ0n) is 19.9. The molecular formula is C28H26FN4O3+. The summed E-state index contributed by atoms with van der Waals surface area (Å²) < 4.78 is 13.3. The van der Waals surface area contributed by atoms with Crippen molar-refractivity contribution in [2.45, 2.75) is 19.5 Å². The summed E-state index contributed by atoms with van der Waals surface area (Å²) in [7, 11) is 1.67. The molecule has 2 atom stereocenters. The molecule has 7 nitrogen and oxygen atoms in total. The third-order valence-corrected chi connectivity index (χ3v) is 5.97. The van der Waals surface area contributed by atoms with Gasteiger partial charge >= 0.3 is 5.91 Å². The van der Waals surface area contributed by atoms with Gasteiger partial charge in [0.2, 0.25) is 5.91 Å². The summed E-state index contributed by atoms with van der Waals surface area (Å²) in [5.74, 6) is -1.34. The van der Waals surface area contributed by atoms with E-state index >= 15 is 0 Å². The lowest BCUT2D eigenvalue weighted by Crippen LogP contribution is -3.11. The van der Waals surface area contributed by atoms with Gasteiger partial charge in [0.05, 0.1) is 6.04 Å². The number of hydrogen-bond donors (Lipinski definition) is 3. The number of benzene rings is 2. The van der Waals surface area contributed by atoms with E-state index in [4.69, 9.17) is 0 Å². The fourth-order valence-electron chi connectivity index (χ4n) is 3.84. The Labute approximate surface area is 208 Å². The molecule has 182 valence electrons. The number of allylic oxidation sites excluding steroid dienone is 2. The quantitative estimate of drug-likeness (QED) is 0.425. The van der Waals surface area contributed by atoms with Crippen LogP contribution in [0.5, 0.6) is 0 Å². The van der Waals surface area contributed by atoms with Crippen LogP contribution in [-0.2, 0) is 16.1 Å². The van der Waals surface area contributed by atoms with Crippen LogP contribution in [-0.4, -0.2) is 35.7 Å². The van der Waals surface area contributed by atoms with Gasteiger partial charge < -0.3 is 10.6 Å². The maximum absolute atomic E-state index is 13.5. The van der Waals surface area contributed by atoms with Crippen molar-refractivity contribution in [3.63, 3.8) is 0 Å². The Morgan fingerprint density at radius 2 is 1.72 bits per heavy atom. The second-order valence-electron chi connectivity index (χ2n) is 8.43. The van der Waals surface area contributed by atoms with Crippen molar-refractivity contribution in [1.82, 2.24) is 15.6 Å². The van der Waals surface area contributed by atoms with E-state index in [1.165, 1.54) is 30.5 Å². The summed E-state index contributed by atoms with van der Waals surface area (Å²) in [5.41, 5.74) is 3.11. The minimum absolute atomic E-state index is 0.184. The molecule has 8 heteroatoms. The van der Waals surface area contributed by atoms with Crippen molar-refractivity contribution >= 4 is 23.3 Å². The van der Waals surface area contributed by atoms with Gasteiger partial charge in [-0.3, -0.25) is 14.6 Å². The number of rotatable bonds is 8. The Balaban J connectivity index is 1.64. The number of nitrogens with zero attached hydrogens (tertiary/aromatic N) is 1. The molecule has 3 aromatic rings. The zero-order valence-corrected chi connectivity index (χ0v) is 19.9. The molecule has 0 spiro atoms. The second kappa shape index (κ2) is 11.0. The first-order valence-corrected chi connectivity index (χ1v) is 11.5. The molecule has 0 saturated carbocycles. The number of pyridine rings is 1. The molecule has 2 amide bonds. The van der Waals surface area contributed by atoms with E-state index in [0.29, 0.717) is 21.6 Å². The van der Waals surface area contributed by atoms with Crippen molar-refractivity contribution < 1.29 is 23.7 Å². The molecule has 0 radical (unpaired) electrons. The van der Waals surface area contributed by atoms with Gasteiger partial charge in [-0.15, -0.1) is 0 Å². The van der Waals surface area contributed by atoms with Crippen molar-refractivity contribution in [3.05, 3.63) is 119 Å². The lowest BCUT2D eigenvalue weighted by Gasteiger charge is -2.24. The molecule has 0 aliphatic carbocycles. The average Bonchev–Trinajstić information content (AvgIpc) is 2.91. The van der Waals surface area contributed by atoms with Crippen molar-refractivity contribution in [1.29, 1.82) is 0 Å². The summed E-state index contributed by atoms with van der Waals surface area (Å²) in [6.07, 6.45) is 6.47. The maximum atomic E-state index is 13.5. The van der Waals surface area contributed by atoms with Gasteiger partial charge in [0, 0.05) is 40.7 Å². The van der Waals surface area contributed by atoms with Crippen LogP contribution >= 0.6 is 0 Å². The number of ketones is 1. The molecule has 4 rings (SSSR count). The number of aromatic nitrogens is 1. The lowest BCUT2D eigenvalue weighted by molar-refractivity contribution is -0.755. The smallest absolute Gasteiger partial charge is 0.317 e. The molecule has 1 aliphatic rings. The molecule has 0 fully saturated rings. The number of nitrogens with one attached hydrogen (secondary N) is 3. The van der Waals surface area contributed by atoms with Gasteiger partial charge in [-0.1, -0.05) is 18.2 Å². The van der Waals surface area contributed by atoms with E-state index in [1.54, 1.807) is 32.3 Å². The Morgan fingerprint density at radius 1 is 1.00 bits per heavy atom. The number of quaternary nitrogens is 1. The molecule has 36 heavy (non-hydrogen) atoms.